The third kappa shape index (κ3) is 5.20. The average Bonchev–Trinajstić information content (AvgIpc) is 2.34. The van der Waals surface area contributed by atoms with Gasteiger partial charge in [-0.3, -0.25) is 0 Å². The molecule has 3 nitrogen and oxygen atoms in total. The van der Waals surface area contributed by atoms with E-state index in [1.165, 1.54) is 0 Å². The van der Waals surface area contributed by atoms with Crippen LogP contribution in [0.3, 0.4) is 0 Å². The summed E-state index contributed by atoms with van der Waals surface area (Å²) in [6.07, 6.45) is 2.00. The summed E-state index contributed by atoms with van der Waals surface area (Å²) >= 11 is 3.39. The molecule has 0 saturated carbocycles. The molecule has 1 rings (SSSR count). The van der Waals surface area contributed by atoms with Gasteiger partial charge in [0.25, 0.3) is 0 Å². The number of benzene rings is 1. The van der Waals surface area contributed by atoms with Gasteiger partial charge in [-0.15, -0.1) is 0 Å². The molecular weight excluding hydrogens is 280 g/mol. The number of hydrogen-bond acceptors (Lipinski definition) is 3. The monoisotopic (exact) mass is 296 g/mol. The molecule has 1 aromatic rings. The van der Waals surface area contributed by atoms with Crippen LogP contribution in [-0.4, -0.2) is 19.8 Å². The van der Waals surface area contributed by atoms with E-state index >= 15 is 0 Å². The molecule has 0 atom stereocenters. The van der Waals surface area contributed by atoms with Crippen LogP contribution < -0.4 is 5.32 Å². The molecule has 0 saturated heterocycles. The van der Waals surface area contributed by atoms with Gasteiger partial charge in [0.1, 0.15) is 6.07 Å². The lowest BCUT2D eigenvalue weighted by atomic mass is 10.2. The highest BCUT2D eigenvalue weighted by molar-refractivity contribution is 9.10. The van der Waals surface area contributed by atoms with E-state index in [-0.39, 0.29) is 0 Å². The lowest BCUT2D eigenvalue weighted by Gasteiger charge is -2.08. The van der Waals surface area contributed by atoms with Crippen molar-refractivity contribution in [2.75, 3.05) is 25.1 Å². The second-order valence-corrected chi connectivity index (χ2v) is 4.61. The van der Waals surface area contributed by atoms with E-state index in [2.05, 4.69) is 34.2 Å². The maximum absolute atomic E-state index is 8.95. The third-order valence-electron chi connectivity index (χ3n) is 2.23. The van der Waals surface area contributed by atoms with Crippen LogP contribution in [0, 0.1) is 11.3 Å². The summed E-state index contributed by atoms with van der Waals surface area (Å²) in [7, 11) is 0. The van der Waals surface area contributed by atoms with Gasteiger partial charge in [-0.05, 0) is 31.0 Å². The van der Waals surface area contributed by atoms with Crippen LogP contribution in [0.1, 0.15) is 25.3 Å². The van der Waals surface area contributed by atoms with Gasteiger partial charge in [0.15, 0.2) is 0 Å². The van der Waals surface area contributed by atoms with Crippen molar-refractivity contribution < 1.29 is 4.74 Å². The van der Waals surface area contributed by atoms with Gasteiger partial charge < -0.3 is 10.1 Å². The number of rotatable bonds is 7. The van der Waals surface area contributed by atoms with E-state index in [4.69, 9.17) is 10.00 Å². The van der Waals surface area contributed by atoms with Crippen molar-refractivity contribution in [3.63, 3.8) is 0 Å². The Balaban J connectivity index is 2.36. The smallest absolute Gasteiger partial charge is 0.101 e. The van der Waals surface area contributed by atoms with Crippen LogP contribution in [-0.2, 0) is 4.74 Å². The lowest BCUT2D eigenvalue weighted by Crippen LogP contribution is -2.07. The second kappa shape index (κ2) is 8.10. The first-order valence-corrected chi connectivity index (χ1v) is 6.58. The Morgan fingerprint density at radius 2 is 2.24 bits per heavy atom. The van der Waals surface area contributed by atoms with Gasteiger partial charge in [0.2, 0.25) is 0 Å². The van der Waals surface area contributed by atoms with Crippen molar-refractivity contribution in [1.82, 2.24) is 0 Å². The summed E-state index contributed by atoms with van der Waals surface area (Å²) in [6, 6.07) is 7.77. The first kappa shape index (κ1) is 14.0. The Morgan fingerprint density at radius 1 is 1.41 bits per heavy atom. The van der Waals surface area contributed by atoms with E-state index in [1.54, 1.807) is 6.07 Å². The van der Waals surface area contributed by atoms with Gasteiger partial charge in [0, 0.05) is 24.2 Å². The molecule has 0 aliphatic heterocycles. The van der Waals surface area contributed by atoms with E-state index in [0.29, 0.717) is 5.56 Å². The van der Waals surface area contributed by atoms with Crippen molar-refractivity contribution in [2.24, 2.45) is 0 Å². The summed E-state index contributed by atoms with van der Waals surface area (Å²) in [6.45, 7) is 4.49. The number of nitriles is 1. The van der Waals surface area contributed by atoms with Gasteiger partial charge in [0.05, 0.1) is 11.3 Å². The SMILES string of the molecule is CCCOCCCNc1cc(Br)ccc1C#N. The average molecular weight is 297 g/mol. The Kier molecular flexibility index (Phi) is 6.68. The third-order valence-corrected chi connectivity index (χ3v) is 2.72. The predicted molar refractivity (Wildman–Crippen MR) is 73.1 cm³/mol. The molecule has 0 aliphatic carbocycles. The summed E-state index contributed by atoms with van der Waals surface area (Å²) in [4.78, 5) is 0. The van der Waals surface area contributed by atoms with E-state index in [1.807, 2.05) is 12.1 Å². The minimum Gasteiger partial charge on any atom is -0.384 e. The molecular formula is C13H17BrN2O. The minimum absolute atomic E-state index is 0.669. The lowest BCUT2D eigenvalue weighted by molar-refractivity contribution is 0.134. The van der Waals surface area contributed by atoms with Gasteiger partial charge in [-0.2, -0.15) is 5.26 Å². The number of halogens is 1. The van der Waals surface area contributed by atoms with Crippen molar-refractivity contribution in [3.05, 3.63) is 28.2 Å². The summed E-state index contributed by atoms with van der Waals surface area (Å²) in [5, 5.41) is 12.2. The fraction of sp³-hybridized carbons (Fsp3) is 0.462. The maximum atomic E-state index is 8.95. The predicted octanol–water partition coefficient (Wildman–Crippen LogP) is 3.55. The van der Waals surface area contributed by atoms with Crippen LogP contribution in [0.25, 0.3) is 0 Å². The molecule has 0 amide bonds. The molecule has 0 fully saturated rings. The molecule has 0 unspecified atom stereocenters. The van der Waals surface area contributed by atoms with Crippen LogP contribution in [0.4, 0.5) is 5.69 Å². The Labute approximate surface area is 111 Å². The Morgan fingerprint density at radius 3 is 2.94 bits per heavy atom. The number of ether oxygens (including phenoxy) is 1. The fourth-order valence-corrected chi connectivity index (χ4v) is 1.76. The minimum atomic E-state index is 0.669. The van der Waals surface area contributed by atoms with Gasteiger partial charge >= 0.3 is 0 Å². The first-order valence-electron chi connectivity index (χ1n) is 5.79. The van der Waals surface area contributed by atoms with E-state index < -0.39 is 0 Å². The number of nitrogens with one attached hydrogen (secondary N) is 1. The van der Waals surface area contributed by atoms with E-state index in [9.17, 15) is 0 Å². The highest BCUT2D eigenvalue weighted by Crippen LogP contribution is 2.20. The largest absolute Gasteiger partial charge is 0.384 e. The molecule has 0 radical (unpaired) electrons. The highest BCUT2D eigenvalue weighted by Gasteiger charge is 2.01. The molecule has 17 heavy (non-hydrogen) atoms. The quantitative estimate of drug-likeness (QED) is 0.783. The molecule has 1 aromatic carbocycles. The zero-order valence-corrected chi connectivity index (χ0v) is 11.6. The summed E-state index contributed by atoms with van der Waals surface area (Å²) in [5.41, 5.74) is 1.54. The van der Waals surface area contributed by atoms with Crippen molar-refractivity contribution in [1.29, 1.82) is 5.26 Å². The Hall–Kier alpha value is -1.05. The summed E-state index contributed by atoms with van der Waals surface area (Å²) < 4.78 is 6.36. The van der Waals surface area contributed by atoms with Crippen molar-refractivity contribution >= 4 is 21.6 Å². The second-order valence-electron chi connectivity index (χ2n) is 3.69. The van der Waals surface area contributed by atoms with Crippen LogP contribution in [0.2, 0.25) is 0 Å². The molecule has 0 aromatic heterocycles. The molecule has 1 N–H and O–H groups in total. The number of nitrogens with zero attached hydrogens (tertiary/aromatic N) is 1. The van der Waals surface area contributed by atoms with Gasteiger partial charge in [-0.25, -0.2) is 0 Å². The van der Waals surface area contributed by atoms with Crippen LogP contribution in [0.5, 0.6) is 0 Å². The first-order chi connectivity index (χ1) is 8.27. The van der Waals surface area contributed by atoms with Crippen molar-refractivity contribution in [3.8, 4) is 6.07 Å². The highest BCUT2D eigenvalue weighted by atomic mass is 79.9. The zero-order valence-electron chi connectivity index (χ0n) is 10.0. The summed E-state index contributed by atoms with van der Waals surface area (Å²) in [5.74, 6) is 0. The molecule has 0 spiro atoms. The standard InChI is InChI=1S/C13H17BrN2O/c1-2-7-17-8-3-6-16-13-9-12(14)5-4-11(13)10-15/h4-5,9,16H,2-3,6-8H2,1H3. The normalized spacial score (nSPS) is 9.94. The Bertz CT molecular complexity index is 387. The zero-order chi connectivity index (χ0) is 12.5. The number of hydrogen-bond donors (Lipinski definition) is 1. The molecule has 4 heteroatoms. The maximum Gasteiger partial charge on any atom is 0.101 e. The van der Waals surface area contributed by atoms with Crippen molar-refractivity contribution in [2.45, 2.75) is 19.8 Å². The van der Waals surface area contributed by atoms with Crippen LogP contribution in [0.15, 0.2) is 22.7 Å². The topological polar surface area (TPSA) is 45.0 Å². The van der Waals surface area contributed by atoms with E-state index in [0.717, 1.165) is 42.8 Å². The fourth-order valence-electron chi connectivity index (χ4n) is 1.40. The molecule has 0 aliphatic rings. The number of anilines is 1. The molecule has 0 bridgehead atoms. The molecule has 92 valence electrons. The van der Waals surface area contributed by atoms with Gasteiger partial charge in [-0.1, -0.05) is 22.9 Å². The molecule has 0 heterocycles. The van der Waals surface area contributed by atoms with Crippen LogP contribution >= 0.6 is 15.9 Å².